The molecular weight excluding hydrogens is 322 g/mol. The second-order valence-electron chi connectivity index (χ2n) is 5.91. The van der Waals surface area contributed by atoms with Gasteiger partial charge in [-0.05, 0) is 44.4 Å². The molecule has 0 radical (unpaired) electrons. The van der Waals surface area contributed by atoms with Gasteiger partial charge in [0.25, 0.3) is 0 Å². The number of nitrogens with one attached hydrogen (secondary N) is 1. The van der Waals surface area contributed by atoms with Crippen molar-refractivity contribution < 1.29 is 8.42 Å². The van der Waals surface area contributed by atoms with Crippen molar-refractivity contribution in [3.63, 3.8) is 0 Å². The highest BCUT2D eigenvalue weighted by molar-refractivity contribution is 7.92. The molecule has 5 nitrogen and oxygen atoms in total. The topological polar surface area (TPSA) is 63.5 Å². The minimum absolute atomic E-state index is 0.0849. The van der Waals surface area contributed by atoms with Gasteiger partial charge in [-0.3, -0.25) is 4.72 Å². The number of imidazole rings is 1. The van der Waals surface area contributed by atoms with E-state index < -0.39 is 10.0 Å². The lowest BCUT2D eigenvalue weighted by molar-refractivity contribution is 0.598. The summed E-state index contributed by atoms with van der Waals surface area (Å²) in [4.78, 5) is 4.46. The predicted octanol–water partition coefficient (Wildman–Crippen LogP) is 3.33. The van der Waals surface area contributed by atoms with Crippen molar-refractivity contribution in [2.75, 3.05) is 10.5 Å². The van der Waals surface area contributed by atoms with Crippen LogP contribution in [-0.4, -0.2) is 23.6 Å². The molecule has 0 saturated carbocycles. The molecule has 3 aromatic rings. The Hall–Kier alpha value is -2.34. The van der Waals surface area contributed by atoms with Crippen LogP contribution in [0, 0.1) is 13.8 Å². The Bertz CT molecular complexity index is 947. The summed E-state index contributed by atoms with van der Waals surface area (Å²) in [5, 5.41) is 0. The first kappa shape index (κ1) is 16.5. The van der Waals surface area contributed by atoms with Crippen LogP contribution in [0.15, 0.2) is 48.7 Å². The third kappa shape index (κ3) is 3.59. The van der Waals surface area contributed by atoms with Gasteiger partial charge in [-0.25, -0.2) is 13.4 Å². The maximum absolute atomic E-state index is 12.4. The average Bonchev–Trinajstić information content (AvgIpc) is 2.84. The van der Waals surface area contributed by atoms with Crippen molar-refractivity contribution in [1.29, 1.82) is 0 Å². The van der Waals surface area contributed by atoms with Crippen molar-refractivity contribution in [2.45, 2.75) is 26.7 Å². The molecule has 2 heterocycles. The number of pyridine rings is 1. The normalized spacial score (nSPS) is 11.8. The zero-order chi connectivity index (χ0) is 17.2. The molecular formula is C18H21N3O2S. The third-order valence-corrected chi connectivity index (χ3v) is 5.47. The predicted molar refractivity (Wildman–Crippen MR) is 96.8 cm³/mol. The zero-order valence-corrected chi connectivity index (χ0v) is 14.7. The smallest absolute Gasteiger partial charge is 0.232 e. The number of hydrogen-bond donors (Lipinski definition) is 1. The summed E-state index contributed by atoms with van der Waals surface area (Å²) >= 11 is 0. The molecule has 2 aromatic heterocycles. The second kappa shape index (κ2) is 6.65. The Morgan fingerprint density at radius 2 is 1.83 bits per heavy atom. The van der Waals surface area contributed by atoms with E-state index >= 15 is 0 Å². The molecule has 0 saturated heterocycles. The maximum Gasteiger partial charge on any atom is 0.232 e. The maximum atomic E-state index is 12.4. The zero-order valence-electron chi connectivity index (χ0n) is 13.9. The molecule has 0 bridgehead atoms. The quantitative estimate of drug-likeness (QED) is 0.747. The van der Waals surface area contributed by atoms with Gasteiger partial charge in [0, 0.05) is 11.9 Å². The van der Waals surface area contributed by atoms with E-state index in [4.69, 9.17) is 0 Å². The van der Waals surface area contributed by atoms with E-state index in [2.05, 4.69) is 9.71 Å². The van der Waals surface area contributed by atoms with Gasteiger partial charge in [0.15, 0.2) is 5.65 Å². The number of benzene rings is 1. The first-order valence-electron chi connectivity index (χ1n) is 7.95. The van der Waals surface area contributed by atoms with Crippen molar-refractivity contribution in [2.24, 2.45) is 0 Å². The fourth-order valence-electron chi connectivity index (χ4n) is 2.71. The minimum Gasteiger partial charge on any atom is -0.302 e. The molecule has 0 spiro atoms. The highest BCUT2D eigenvalue weighted by Crippen LogP contribution is 2.20. The largest absolute Gasteiger partial charge is 0.302 e. The number of sulfonamides is 1. The van der Waals surface area contributed by atoms with Crippen LogP contribution in [-0.2, 0) is 16.4 Å². The Morgan fingerprint density at radius 1 is 1.08 bits per heavy atom. The number of fused-ring (bicyclic) bond motifs is 1. The lowest BCUT2D eigenvalue weighted by Gasteiger charge is -2.09. The van der Waals surface area contributed by atoms with Gasteiger partial charge in [0.2, 0.25) is 10.0 Å². The van der Waals surface area contributed by atoms with Gasteiger partial charge >= 0.3 is 0 Å². The van der Waals surface area contributed by atoms with E-state index in [0.717, 1.165) is 23.4 Å². The van der Waals surface area contributed by atoms with E-state index in [1.165, 1.54) is 0 Å². The lowest BCUT2D eigenvalue weighted by Crippen LogP contribution is -2.17. The van der Waals surface area contributed by atoms with Gasteiger partial charge in [0.1, 0.15) is 0 Å². The van der Waals surface area contributed by atoms with Gasteiger partial charge in [-0.15, -0.1) is 0 Å². The number of anilines is 1. The van der Waals surface area contributed by atoms with Gasteiger partial charge in [-0.2, -0.15) is 0 Å². The molecule has 3 rings (SSSR count). The van der Waals surface area contributed by atoms with Crippen molar-refractivity contribution in [1.82, 2.24) is 9.38 Å². The van der Waals surface area contributed by atoms with Crippen molar-refractivity contribution >= 4 is 21.4 Å². The molecule has 1 aromatic carbocycles. The van der Waals surface area contributed by atoms with E-state index in [0.29, 0.717) is 17.8 Å². The van der Waals surface area contributed by atoms with Crippen LogP contribution < -0.4 is 4.72 Å². The van der Waals surface area contributed by atoms with Gasteiger partial charge in [-0.1, -0.05) is 30.3 Å². The summed E-state index contributed by atoms with van der Waals surface area (Å²) in [7, 11) is -3.40. The molecule has 0 aliphatic carbocycles. The molecule has 0 aliphatic rings. The molecule has 1 N–H and O–H groups in total. The minimum atomic E-state index is -3.40. The monoisotopic (exact) mass is 343 g/mol. The van der Waals surface area contributed by atoms with Crippen LogP contribution in [0.4, 0.5) is 5.69 Å². The van der Waals surface area contributed by atoms with Gasteiger partial charge in [0.05, 0.1) is 17.1 Å². The Kier molecular flexibility index (Phi) is 4.57. The van der Waals surface area contributed by atoms with Crippen molar-refractivity contribution in [3.8, 4) is 0 Å². The third-order valence-electron chi connectivity index (χ3n) is 4.11. The first-order valence-corrected chi connectivity index (χ1v) is 9.60. The summed E-state index contributed by atoms with van der Waals surface area (Å²) in [6.45, 7) is 3.88. The summed E-state index contributed by atoms with van der Waals surface area (Å²) < 4.78 is 29.3. The molecule has 6 heteroatoms. The number of aromatic nitrogens is 2. The van der Waals surface area contributed by atoms with Crippen LogP contribution >= 0.6 is 0 Å². The summed E-state index contributed by atoms with van der Waals surface area (Å²) in [5.41, 5.74) is 4.21. The molecule has 0 aliphatic heterocycles. The van der Waals surface area contributed by atoms with E-state index in [-0.39, 0.29) is 5.75 Å². The van der Waals surface area contributed by atoms with Crippen LogP contribution in [0.2, 0.25) is 0 Å². The highest BCUT2D eigenvalue weighted by Gasteiger charge is 2.14. The number of rotatable bonds is 6. The second-order valence-corrected chi connectivity index (χ2v) is 7.75. The fraction of sp³-hybridized carbons (Fsp3) is 0.278. The van der Waals surface area contributed by atoms with E-state index in [9.17, 15) is 8.42 Å². The number of hydrogen-bond acceptors (Lipinski definition) is 3. The summed E-state index contributed by atoms with van der Waals surface area (Å²) in [6, 6.07) is 13.5. The Labute approximate surface area is 142 Å². The summed E-state index contributed by atoms with van der Waals surface area (Å²) in [6.07, 6.45) is 3.21. The standard InChI is InChI=1S/C18H21N3O2S/c1-14-15(2)21-12-6-11-17(18(21)19-14)20-24(22,23)13-7-10-16-8-4-3-5-9-16/h3-6,8-9,11-12,20H,7,10,13H2,1-2H3. The molecule has 24 heavy (non-hydrogen) atoms. The van der Waals surface area contributed by atoms with Gasteiger partial charge < -0.3 is 4.40 Å². The van der Waals surface area contributed by atoms with Crippen LogP contribution in [0.25, 0.3) is 5.65 Å². The van der Waals surface area contributed by atoms with Crippen LogP contribution in [0.3, 0.4) is 0 Å². The van der Waals surface area contributed by atoms with Crippen LogP contribution in [0.1, 0.15) is 23.4 Å². The number of aryl methyl sites for hydroxylation is 3. The fourth-order valence-corrected chi connectivity index (χ4v) is 3.83. The first-order chi connectivity index (χ1) is 11.5. The SMILES string of the molecule is Cc1nc2c(NS(=O)(=O)CCCc3ccccc3)cccn2c1C. The van der Waals surface area contributed by atoms with E-state index in [1.54, 1.807) is 6.07 Å². The van der Waals surface area contributed by atoms with Crippen molar-refractivity contribution in [3.05, 3.63) is 65.6 Å². The van der Waals surface area contributed by atoms with Crippen LogP contribution in [0.5, 0.6) is 0 Å². The Balaban J connectivity index is 1.72. The Morgan fingerprint density at radius 3 is 2.58 bits per heavy atom. The number of nitrogens with zero attached hydrogens (tertiary/aromatic N) is 2. The molecule has 0 atom stereocenters. The highest BCUT2D eigenvalue weighted by atomic mass is 32.2. The molecule has 0 amide bonds. The molecule has 0 unspecified atom stereocenters. The van der Waals surface area contributed by atoms with E-state index in [1.807, 2.05) is 60.8 Å². The molecule has 0 fully saturated rings. The average molecular weight is 343 g/mol. The summed E-state index contributed by atoms with van der Waals surface area (Å²) in [5.74, 6) is 0.0849. The lowest BCUT2D eigenvalue weighted by atomic mass is 10.1. The molecule has 126 valence electrons.